The summed E-state index contributed by atoms with van der Waals surface area (Å²) >= 11 is 1.13. The molecule has 116 valence electrons. The highest BCUT2D eigenvalue weighted by Gasteiger charge is 2.18. The molecular formula is C11H20ClN3O3S2. The van der Waals surface area contributed by atoms with Crippen molar-refractivity contribution in [3.63, 3.8) is 0 Å². The van der Waals surface area contributed by atoms with Gasteiger partial charge in [0.05, 0.1) is 6.54 Å². The van der Waals surface area contributed by atoms with E-state index in [0.717, 1.165) is 16.2 Å². The van der Waals surface area contributed by atoms with Crippen LogP contribution in [0.3, 0.4) is 0 Å². The van der Waals surface area contributed by atoms with E-state index in [2.05, 4.69) is 10.0 Å². The summed E-state index contributed by atoms with van der Waals surface area (Å²) in [6.45, 7) is 3.83. The SMILES string of the molecule is CNS(=O)(=O)c1ccc(CNC(=O)C(C)C(C)N)s1.Cl. The average Bonchev–Trinajstić information content (AvgIpc) is 2.84. The summed E-state index contributed by atoms with van der Waals surface area (Å²) in [6.07, 6.45) is 0. The first kappa shape index (κ1) is 19.3. The van der Waals surface area contributed by atoms with Gasteiger partial charge in [-0.05, 0) is 26.1 Å². The summed E-state index contributed by atoms with van der Waals surface area (Å²) in [6, 6.07) is 2.99. The number of hydrogen-bond donors (Lipinski definition) is 3. The van der Waals surface area contributed by atoms with Gasteiger partial charge < -0.3 is 11.1 Å². The zero-order valence-electron chi connectivity index (χ0n) is 11.5. The fraction of sp³-hybridized carbons (Fsp3) is 0.545. The number of thiophene rings is 1. The second kappa shape index (κ2) is 7.94. The van der Waals surface area contributed by atoms with Crippen molar-refractivity contribution in [1.29, 1.82) is 0 Å². The first-order valence-electron chi connectivity index (χ1n) is 5.83. The van der Waals surface area contributed by atoms with E-state index in [-0.39, 0.29) is 34.5 Å². The molecule has 0 spiro atoms. The van der Waals surface area contributed by atoms with Crippen molar-refractivity contribution in [1.82, 2.24) is 10.0 Å². The Morgan fingerprint density at radius 2 is 2.00 bits per heavy atom. The highest BCUT2D eigenvalue weighted by molar-refractivity contribution is 7.91. The molecule has 2 unspecified atom stereocenters. The van der Waals surface area contributed by atoms with Gasteiger partial charge in [0.25, 0.3) is 0 Å². The molecule has 0 radical (unpaired) electrons. The van der Waals surface area contributed by atoms with Gasteiger partial charge in [-0.1, -0.05) is 6.92 Å². The quantitative estimate of drug-likeness (QED) is 0.708. The lowest BCUT2D eigenvalue weighted by atomic mass is 10.0. The maximum atomic E-state index is 11.7. The zero-order chi connectivity index (χ0) is 14.6. The van der Waals surface area contributed by atoms with Crippen LogP contribution in [-0.2, 0) is 21.4 Å². The molecule has 0 aliphatic heterocycles. The first-order chi connectivity index (χ1) is 8.77. The van der Waals surface area contributed by atoms with Crippen LogP contribution in [0, 0.1) is 5.92 Å². The van der Waals surface area contributed by atoms with Gasteiger partial charge in [-0.15, -0.1) is 23.7 Å². The van der Waals surface area contributed by atoms with Gasteiger partial charge in [-0.2, -0.15) is 0 Å². The van der Waals surface area contributed by atoms with E-state index in [1.54, 1.807) is 19.9 Å². The number of rotatable bonds is 6. The third-order valence-corrected chi connectivity index (χ3v) is 5.80. The second-order valence-corrected chi connectivity index (χ2v) is 7.58. The molecule has 0 aliphatic rings. The monoisotopic (exact) mass is 341 g/mol. The maximum Gasteiger partial charge on any atom is 0.249 e. The molecule has 9 heteroatoms. The van der Waals surface area contributed by atoms with Crippen molar-refractivity contribution >= 4 is 39.7 Å². The zero-order valence-corrected chi connectivity index (χ0v) is 14.0. The van der Waals surface area contributed by atoms with Gasteiger partial charge in [0.1, 0.15) is 4.21 Å². The lowest BCUT2D eigenvalue weighted by Gasteiger charge is -2.14. The number of nitrogens with one attached hydrogen (secondary N) is 2. The van der Waals surface area contributed by atoms with Crippen LogP contribution >= 0.6 is 23.7 Å². The summed E-state index contributed by atoms with van der Waals surface area (Å²) in [5, 5.41) is 2.74. The van der Waals surface area contributed by atoms with Gasteiger partial charge in [-0.25, -0.2) is 13.1 Å². The third kappa shape index (κ3) is 5.02. The Bertz CT molecular complexity index is 543. The summed E-state index contributed by atoms with van der Waals surface area (Å²) in [7, 11) is -2.05. The molecule has 2 atom stereocenters. The van der Waals surface area contributed by atoms with Crippen molar-refractivity contribution in [2.24, 2.45) is 11.7 Å². The molecule has 1 rings (SSSR count). The van der Waals surface area contributed by atoms with E-state index < -0.39 is 10.0 Å². The van der Waals surface area contributed by atoms with Gasteiger partial charge >= 0.3 is 0 Å². The topological polar surface area (TPSA) is 101 Å². The molecule has 0 saturated carbocycles. The van der Waals surface area contributed by atoms with Crippen molar-refractivity contribution in [2.45, 2.75) is 30.6 Å². The summed E-state index contributed by atoms with van der Waals surface area (Å²) < 4.78 is 25.6. The summed E-state index contributed by atoms with van der Waals surface area (Å²) in [5.74, 6) is -0.415. The van der Waals surface area contributed by atoms with Gasteiger partial charge in [0, 0.05) is 16.8 Å². The molecule has 0 fully saturated rings. The highest BCUT2D eigenvalue weighted by atomic mass is 35.5. The maximum absolute atomic E-state index is 11.7. The molecule has 20 heavy (non-hydrogen) atoms. The van der Waals surface area contributed by atoms with Crippen LogP contribution < -0.4 is 15.8 Å². The molecular weight excluding hydrogens is 322 g/mol. The van der Waals surface area contributed by atoms with E-state index in [0.29, 0.717) is 6.54 Å². The number of halogens is 1. The fourth-order valence-corrected chi connectivity index (χ4v) is 3.41. The van der Waals surface area contributed by atoms with E-state index in [1.807, 2.05) is 0 Å². The standard InChI is InChI=1S/C11H19N3O3S2.ClH/c1-7(8(2)12)11(15)14-6-9-4-5-10(18-9)19(16,17)13-3;/h4-5,7-8,13H,6,12H2,1-3H3,(H,14,15);1H. The lowest BCUT2D eigenvalue weighted by Crippen LogP contribution is -2.38. The van der Waals surface area contributed by atoms with Crippen molar-refractivity contribution in [2.75, 3.05) is 7.05 Å². The molecule has 1 amide bonds. The molecule has 4 N–H and O–H groups in total. The van der Waals surface area contributed by atoms with Crippen LogP contribution in [0.1, 0.15) is 18.7 Å². The molecule has 0 saturated heterocycles. The molecule has 6 nitrogen and oxygen atoms in total. The Kier molecular flexibility index (Phi) is 7.67. The summed E-state index contributed by atoms with van der Waals surface area (Å²) in [4.78, 5) is 12.5. The minimum Gasteiger partial charge on any atom is -0.351 e. The van der Waals surface area contributed by atoms with Crippen molar-refractivity contribution in [3.8, 4) is 0 Å². The Balaban J connectivity index is 0.00000361. The molecule has 0 aromatic carbocycles. The van der Waals surface area contributed by atoms with Crippen molar-refractivity contribution in [3.05, 3.63) is 17.0 Å². The van der Waals surface area contributed by atoms with Crippen molar-refractivity contribution < 1.29 is 13.2 Å². The predicted molar refractivity (Wildman–Crippen MR) is 82.5 cm³/mol. The van der Waals surface area contributed by atoms with Crippen LogP contribution in [0.5, 0.6) is 0 Å². The number of hydrogen-bond acceptors (Lipinski definition) is 5. The number of amides is 1. The van der Waals surface area contributed by atoms with Crippen LogP contribution in [0.4, 0.5) is 0 Å². The van der Waals surface area contributed by atoms with E-state index in [4.69, 9.17) is 5.73 Å². The van der Waals surface area contributed by atoms with E-state index >= 15 is 0 Å². The summed E-state index contributed by atoms with van der Waals surface area (Å²) in [5.41, 5.74) is 5.64. The van der Waals surface area contributed by atoms with Crippen LogP contribution in [0.25, 0.3) is 0 Å². The van der Waals surface area contributed by atoms with E-state index in [9.17, 15) is 13.2 Å². The van der Waals surface area contributed by atoms with Gasteiger partial charge in [0.2, 0.25) is 15.9 Å². The smallest absolute Gasteiger partial charge is 0.249 e. The Morgan fingerprint density at radius 1 is 1.40 bits per heavy atom. The number of nitrogens with two attached hydrogens (primary N) is 1. The normalized spacial score (nSPS) is 14.2. The van der Waals surface area contributed by atoms with Crippen LogP contribution in [-0.4, -0.2) is 27.4 Å². The minimum absolute atomic E-state index is 0. The van der Waals surface area contributed by atoms with Crippen LogP contribution in [0.2, 0.25) is 0 Å². The Hall–Kier alpha value is -0.670. The predicted octanol–water partition coefficient (Wildman–Crippen LogP) is 0.677. The second-order valence-electron chi connectivity index (χ2n) is 4.29. The molecule has 1 aromatic heterocycles. The molecule has 1 aromatic rings. The molecule has 0 aliphatic carbocycles. The largest absolute Gasteiger partial charge is 0.351 e. The Labute approximate surface area is 129 Å². The molecule has 1 heterocycles. The lowest BCUT2D eigenvalue weighted by molar-refractivity contribution is -0.125. The first-order valence-corrected chi connectivity index (χ1v) is 8.13. The van der Waals surface area contributed by atoms with Gasteiger partial charge in [-0.3, -0.25) is 4.79 Å². The van der Waals surface area contributed by atoms with Crippen LogP contribution in [0.15, 0.2) is 16.3 Å². The van der Waals surface area contributed by atoms with Gasteiger partial charge in [0.15, 0.2) is 0 Å². The highest BCUT2D eigenvalue weighted by Crippen LogP contribution is 2.21. The number of carbonyl (C=O) groups is 1. The number of carbonyl (C=O) groups excluding carboxylic acids is 1. The average molecular weight is 342 g/mol. The minimum atomic E-state index is -3.41. The fourth-order valence-electron chi connectivity index (χ4n) is 1.27. The molecule has 0 bridgehead atoms. The number of sulfonamides is 1. The third-order valence-electron chi connectivity index (χ3n) is 2.81. The van der Waals surface area contributed by atoms with E-state index in [1.165, 1.54) is 13.1 Å². The Morgan fingerprint density at radius 3 is 2.50 bits per heavy atom.